The Bertz CT molecular complexity index is 1500. The number of amidine groups is 1. The fraction of sp³-hybridized carbons (Fsp3) is 0.694. The van der Waals surface area contributed by atoms with Crippen LogP contribution >= 0.6 is 0 Å². The van der Waals surface area contributed by atoms with Gasteiger partial charge in [-0.3, -0.25) is 15.5 Å². The Hall–Kier alpha value is -4.27. The predicted molar refractivity (Wildman–Crippen MR) is 199 cm³/mol. The lowest BCUT2D eigenvalue weighted by Gasteiger charge is -2.33. The van der Waals surface area contributed by atoms with E-state index in [4.69, 9.17) is 33.5 Å². The maximum Gasteiger partial charge on any atom is 0.412 e. The smallest absolute Gasteiger partial charge is 0.412 e. The number of H-pyrrole nitrogens is 1. The Kier molecular flexibility index (Phi) is 16.2. The lowest BCUT2D eigenvalue weighted by Crippen LogP contribution is -2.52. The topological polar surface area (TPSA) is 224 Å². The third-order valence-corrected chi connectivity index (χ3v) is 8.71. The van der Waals surface area contributed by atoms with Crippen molar-refractivity contribution in [3.05, 3.63) is 23.5 Å². The summed E-state index contributed by atoms with van der Waals surface area (Å²) in [6.07, 6.45) is -0.772. The van der Waals surface area contributed by atoms with Gasteiger partial charge < -0.3 is 38.4 Å². The zero-order valence-corrected chi connectivity index (χ0v) is 34.0. The Morgan fingerprint density at radius 1 is 1.08 bits per heavy atom. The van der Waals surface area contributed by atoms with Gasteiger partial charge in [0, 0.05) is 6.42 Å². The molecule has 53 heavy (non-hydrogen) atoms. The molecule has 4 N–H and O–H groups in total. The molecule has 2 amide bonds. The number of carbonyl (C=O) groups excluding carboxylic acids is 4. The van der Waals surface area contributed by atoms with Crippen molar-refractivity contribution in [3.63, 3.8) is 0 Å². The summed E-state index contributed by atoms with van der Waals surface area (Å²) >= 11 is 0. The number of aromatic nitrogens is 1. The minimum atomic E-state index is -2.52. The summed E-state index contributed by atoms with van der Waals surface area (Å²) in [6, 6.07) is 4.13. The van der Waals surface area contributed by atoms with E-state index in [0.717, 1.165) is 25.6 Å². The summed E-state index contributed by atoms with van der Waals surface area (Å²) in [5.74, 6) is -1.46. The lowest BCUT2D eigenvalue weighted by molar-refractivity contribution is -0.162. The van der Waals surface area contributed by atoms with Crippen LogP contribution in [0.4, 0.5) is 9.59 Å². The molecule has 296 valence electrons. The number of esters is 2. The van der Waals surface area contributed by atoms with Crippen molar-refractivity contribution in [2.45, 2.75) is 143 Å². The van der Waals surface area contributed by atoms with Crippen LogP contribution in [0.3, 0.4) is 0 Å². The van der Waals surface area contributed by atoms with E-state index in [1.165, 1.54) is 12.1 Å². The molecule has 0 aliphatic carbocycles. The molecule has 2 heterocycles. The summed E-state index contributed by atoms with van der Waals surface area (Å²) in [5.41, 5.74) is -3.18. The molecule has 1 aliphatic rings. The maximum atomic E-state index is 13.6. The standard InChI is InChI=1S/C36H58N6O10Si/c1-12-14-15-16-19-47-32(45)42-30(39-22-38)23-17-18-25(40-23)36(21-37)29(52-53(9,10)11)27(49-26(43)13-2)24(50-36)20-48-31(44)28(34(3,4)5)41-33(46)51-35(6,7)8/h17-18,22,24,27-29,40H,12-16,19-20H2,1-11H3,(H,41,46)(H2,38,39,42,45)/t24-,27-,28-,29?,36+/m1/s1. The number of hydrogen-bond donors (Lipinski definition) is 4. The first kappa shape index (κ1) is 44.9. The van der Waals surface area contributed by atoms with Crippen molar-refractivity contribution in [1.29, 1.82) is 10.7 Å². The van der Waals surface area contributed by atoms with Gasteiger partial charge in [0.05, 0.1) is 18.0 Å². The Labute approximate surface area is 313 Å². The zero-order valence-electron chi connectivity index (χ0n) is 33.0. The summed E-state index contributed by atoms with van der Waals surface area (Å²) in [5, 5.41) is 23.5. The number of ether oxygens (including phenoxy) is 5. The average Bonchev–Trinajstić information content (AvgIpc) is 3.64. The molecule has 1 aromatic rings. The molecule has 17 heteroatoms. The van der Waals surface area contributed by atoms with Gasteiger partial charge in [-0.25, -0.2) is 19.4 Å². The molecule has 1 unspecified atom stereocenters. The van der Waals surface area contributed by atoms with E-state index in [-0.39, 0.29) is 30.3 Å². The number of aromatic amines is 1. The molecule has 5 atom stereocenters. The Morgan fingerprint density at radius 3 is 2.30 bits per heavy atom. The first-order chi connectivity index (χ1) is 24.6. The van der Waals surface area contributed by atoms with Crippen LogP contribution in [-0.2, 0) is 43.3 Å². The van der Waals surface area contributed by atoms with Gasteiger partial charge >= 0.3 is 24.1 Å². The van der Waals surface area contributed by atoms with E-state index >= 15 is 0 Å². The highest BCUT2D eigenvalue weighted by atomic mass is 28.4. The van der Waals surface area contributed by atoms with E-state index in [9.17, 15) is 24.4 Å². The van der Waals surface area contributed by atoms with Crippen molar-refractivity contribution in [3.8, 4) is 6.07 Å². The minimum absolute atomic E-state index is 0.00457. The van der Waals surface area contributed by atoms with Gasteiger partial charge in [-0.1, -0.05) is 53.9 Å². The third-order valence-electron chi connectivity index (χ3n) is 7.74. The van der Waals surface area contributed by atoms with E-state index in [1.807, 2.05) is 19.6 Å². The average molecular weight is 763 g/mol. The number of nitriles is 1. The van der Waals surface area contributed by atoms with Gasteiger partial charge in [-0.05, 0) is 64.4 Å². The minimum Gasteiger partial charge on any atom is -0.461 e. The fourth-order valence-electron chi connectivity index (χ4n) is 5.31. The molecule has 0 saturated carbocycles. The van der Waals surface area contributed by atoms with E-state index in [2.05, 4.69) is 33.6 Å². The second-order valence-electron chi connectivity index (χ2n) is 15.8. The molecule has 2 rings (SSSR count). The number of nitrogens with zero attached hydrogens (tertiary/aromatic N) is 2. The monoisotopic (exact) mass is 762 g/mol. The quantitative estimate of drug-likeness (QED) is 0.0392. The molecule has 0 bridgehead atoms. The van der Waals surface area contributed by atoms with Crippen molar-refractivity contribution >= 4 is 44.6 Å². The molecule has 0 spiro atoms. The number of nitrogens with one attached hydrogen (secondary N) is 4. The third kappa shape index (κ3) is 13.6. The highest BCUT2D eigenvalue weighted by molar-refractivity contribution is 6.69. The Balaban J connectivity index is 2.50. The van der Waals surface area contributed by atoms with Crippen LogP contribution < -0.4 is 10.6 Å². The predicted octanol–water partition coefficient (Wildman–Crippen LogP) is 5.82. The van der Waals surface area contributed by atoms with Gasteiger partial charge in [0.15, 0.2) is 20.3 Å². The van der Waals surface area contributed by atoms with E-state index in [1.54, 1.807) is 48.5 Å². The molecular formula is C36H58N6O10Si. The molecule has 1 fully saturated rings. The van der Waals surface area contributed by atoms with Gasteiger partial charge in [0.2, 0.25) is 5.60 Å². The normalized spacial score (nSPS) is 21.2. The SMILES string of the molecule is CCCCCCOC(=O)NC(=NC=N)c1ccc([C@]2(C#N)O[C@H](COC(=O)[C@@H](NC(=O)OC(C)(C)C)C(C)(C)C)[C@@H](OC(=O)CC)C2O[Si](C)(C)C)[nH]1. The van der Waals surface area contributed by atoms with Crippen LogP contribution in [-0.4, -0.2) is 92.8 Å². The number of alkyl carbamates (subject to hydrolysis) is 2. The van der Waals surface area contributed by atoms with Gasteiger partial charge in [-0.15, -0.1) is 0 Å². The summed E-state index contributed by atoms with van der Waals surface area (Å²) in [6.45, 7) is 19.4. The fourth-order valence-corrected chi connectivity index (χ4v) is 6.37. The molecule has 0 radical (unpaired) electrons. The van der Waals surface area contributed by atoms with E-state index < -0.39 is 80.0 Å². The highest BCUT2D eigenvalue weighted by Gasteiger charge is 2.61. The van der Waals surface area contributed by atoms with Crippen molar-refractivity contribution in [2.24, 2.45) is 10.4 Å². The van der Waals surface area contributed by atoms with Crippen LogP contribution in [0.5, 0.6) is 0 Å². The number of amides is 2. The molecule has 1 saturated heterocycles. The number of unbranched alkanes of at least 4 members (excludes halogenated alkanes) is 3. The number of aliphatic imine (C=N–C) groups is 1. The maximum absolute atomic E-state index is 13.6. The molecule has 1 aliphatic heterocycles. The largest absolute Gasteiger partial charge is 0.461 e. The van der Waals surface area contributed by atoms with Crippen LogP contribution in [0.25, 0.3) is 0 Å². The van der Waals surface area contributed by atoms with Gasteiger partial charge in [0.25, 0.3) is 0 Å². The van der Waals surface area contributed by atoms with Gasteiger partial charge in [-0.2, -0.15) is 5.26 Å². The van der Waals surface area contributed by atoms with Crippen molar-refractivity contribution in [2.75, 3.05) is 13.2 Å². The van der Waals surface area contributed by atoms with Crippen LogP contribution in [0.1, 0.15) is 98.9 Å². The second-order valence-corrected chi connectivity index (χ2v) is 20.2. The molecule has 16 nitrogen and oxygen atoms in total. The summed E-state index contributed by atoms with van der Waals surface area (Å²) < 4.78 is 35.2. The molecule has 0 aromatic carbocycles. The Morgan fingerprint density at radius 2 is 1.75 bits per heavy atom. The number of rotatable bonds is 16. The van der Waals surface area contributed by atoms with Crippen LogP contribution in [0.2, 0.25) is 19.6 Å². The first-order valence-corrected chi connectivity index (χ1v) is 21.3. The number of carbonyl (C=O) groups is 4. The second kappa shape index (κ2) is 19.2. The van der Waals surface area contributed by atoms with Crippen molar-refractivity contribution in [1.82, 2.24) is 15.6 Å². The summed E-state index contributed by atoms with van der Waals surface area (Å²) in [7, 11) is -2.52. The first-order valence-electron chi connectivity index (χ1n) is 17.9. The van der Waals surface area contributed by atoms with Crippen molar-refractivity contribution < 1.29 is 47.3 Å². The summed E-state index contributed by atoms with van der Waals surface area (Å²) in [4.78, 5) is 58.6. The zero-order chi connectivity index (χ0) is 40.2. The lowest BCUT2D eigenvalue weighted by atomic mass is 9.87. The van der Waals surface area contributed by atoms with Crippen LogP contribution in [0, 0.1) is 22.2 Å². The molecular weight excluding hydrogens is 705 g/mol. The molecule has 1 aromatic heterocycles. The number of hydrogen-bond acceptors (Lipinski definition) is 12. The van der Waals surface area contributed by atoms with Gasteiger partial charge in [0.1, 0.15) is 42.9 Å². The van der Waals surface area contributed by atoms with E-state index in [0.29, 0.717) is 6.42 Å². The van der Waals surface area contributed by atoms with Crippen LogP contribution in [0.15, 0.2) is 17.1 Å². The highest BCUT2D eigenvalue weighted by Crippen LogP contribution is 2.44.